The van der Waals surface area contributed by atoms with Gasteiger partial charge in [-0.2, -0.15) is 0 Å². The Balaban J connectivity index is 2.11. The van der Waals surface area contributed by atoms with E-state index in [1.165, 1.54) is 18.2 Å². The van der Waals surface area contributed by atoms with Gasteiger partial charge in [-0.1, -0.05) is 22.9 Å². The van der Waals surface area contributed by atoms with Gasteiger partial charge in [-0.05, 0) is 48.9 Å². The van der Waals surface area contributed by atoms with Gasteiger partial charge in [0, 0.05) is 26.9 Å². The van der Waals surface area contributed by atoms with Gasteiger partial charge in [-0.25, -0.2) is 13.6 Å². The number of ether oxygens (including phenoxy) is 1. The number of nitrogens with two attached hydrogens (primary N) is 1. The topological polar surface area (TPSA) is 98.5 Å². The Morgan fingerprint density at radius 2 is 2.00 bits per heavy atom. The Bertz CT molecular complexity index is 1020. The summed E-state index contributed by atoms with van der Waals surface area (Å²) in [5.41, 5.74) is 2.10. The molecule has 0 atom stereocenters. The minimum absolute atomic E-state index is 0.0460. The molecule has 0 saturated carbocycles. The van der Waals surface area contributed by atoms with Crippen molar-refractivity contribution in [1.29, 1.82) is 0 Å². The molecule has 0 unspecified atom stereocenters. The van der Waals surface area contributed by atoms with Crippen molar-refractivity contribution in [3.63, 3.8) is 0 Å². The predicted molar refractivity (Wildman–Crippen MR) is 104 cm³/mol. The van der Waals surface area contributed by atoms with Crippen molar-refractivity contribution in [3.05, 3.63) is 52.0 Å². The van der Waals surface area contributed by atoms with Crippen molar-refractivity contribution in [2.45, 2.75) is 18.2 Å². The van der Waals surface area contributed by atoms with E-state index in [0.717, 1.165) is 10.9 Å². The van der Waals surface area contributed by atoms with E-state index in [0.29, 0.717) is 34.7 Å². The standard InChI is InChI=1S/C18H17BrN2O4S/c1-2-7-25-17-6-3-12(19)8-11(17)9-15-14-10-13(26(20,23)24)4-5-16(14)21-18(15)22/h3-6,8-10H,2,7H2,1H3,(H,21,22)(H2,20,23,24)/b15-9-. The lowest BCUT2D eigenvalue weighted by atomic mass is 10.0. The highest BCUT2D eigenvalue weighted by molar-refractivity contribution is 9.10. The molecule has 0 bridgehead atoms. The van der Waals surface area contributed by atoms with Crippen LogP contribution in [0.4, 0.5) is 5.69 Å². The summed E-state index contributed by atoms with van der Waals surface area (Å²) in [6.07, 6.45) is 2.54. The molecular formula is C18H17BrN2O4S. The Hall–Kier alpha value is -2.16. The normalized spacial score (nSPS) is 15.0. The number of anilines is 1. The van der Waals surface area contributed by atoms with E-state index in [2.05, 4.69) is 21.2 Å². The van der Waals surface area contributed by atoms with Gasteiger partial charge in [0.2, 0.25) is 10.0 Å². The third kappa shape index (κ3) is 3.82. The average molecular weight is 437 g/mol. The highest BCUT2D eigenvalue weighted by Crippen LogP contribution is 2.36. The summed E-state index contributed by atoms with van der Waals surface area (Å²) in [6, 6.07) is 9.82. The maximum absolute atomic E-state index is 12.4. The summed E-state index contributed by atoms with van der Waals surface area (Å²) in [5.74, 6) is 0.333. The molecule has 6 nitrogen and oxygen atoms in total. The number of benzene rings is 2. The number of hydrogen-bond donors (Lipinski definition) is 2. The van der Waals surface area contributed by atoms with Crippen LogP contribution in [0.5, 0.6) is 5.75 Å². The van der Waals surface area contributed by atoms with Crippen LogP contribution in [0, 0.1) is 0 Å². The maximum Gasteiger partial charge on any atom is 0.256 e. The number of rotatable bonds is 5. The van der Waals surface area contributed by atoms with E-state index in [9.17, 15) is 13.2 Å². The molecule has 1 aliphatic rings. The molecule has 0 spiro atoms. The molecule has 1 aliphatic heterocycles. The molecule has 0 aromatic heterocycles. The molecule has 0 fully saturated rings. The van der Waals surface area contributed by atoms with E-state index in [1.54, 1.807) is 6.08 Å². The lowest BCUT2D eigenvalue weighted by Crippen LogP contribution is -2.12. The van der Waals surface area contributed by atoms with E-state index in [4.69, 9.17) is 9.88 Å². The van der Waals surface area contributed by atoms with Crippen molar-refractivity contribution in [2.75, 3.05) is 11.9 Å². The fraction of sp³-hybridized carbons (Fsp3) is 0.167. The van der Waals surface area contributed by atoms with Crippen LogP contribution in [-0.4, -0.2) is 20.9 Å². The van der Waals surface area contributed by atoms with Crippen LogP contribution in [0.3, 0.4) is 0 Å². The van der Waals surface area contributed by atoms with Crippen molar-refractivity contribution in [1.82, 2.24) is 0 Å². The van der Waals surface area contributed by atoms with Crippen molar-refractivity contribution >= 4 is 49.2 Å². The third-order valence-corrected chi connectivity index (χ3v) is 5.24. The molecule has 8 heteroatoms. The largest absolute Gasteiger partial charge is 0.493 e. The number of primary sulfonamides is 1. The molecular weight excluding hydrogens is 420 g/mol. The van der Waals surface area contributed by atoms with Gasteiger partial charge in [0.25, 0.3) is 5.91 Å². The molecule has 0 saturated heterocycles. The fourth-order valence-electron chi connectivity index (χ4n) is 2.62. The molecule has 26 heavy (non-hydrogen) atoms. The van der Waals surface area contributed by atoms with Crippen molar-refractivity contribution < 1.29 is 17.9 Å². The quantitative estimate of drug-likeness (QED) is 0.701. The second kappa shape index (κ2) is 7.22. The minimum Gasteiger partial charge on any atom is -0.493 e. The first-order valence-electron chi connectivity index (χ1n) is 7.92. The zero-order chi connectivity index (χ0) is 18.9. The number of carbonyl (C=O) groups is 1. The first-order chi connectivity index (χ1) is 12.3. The average Bonchev–Trinajstić information content (AvgIpc) is 2.88. The second-order valence-electron chi connectivity index (χ2n) is 5.80. The highest BCUT2D eigenvalue weighted by atomic mass is 79.9. The van der Waals surface area contributed by atoms with Crippen LogP contribution >= 0.6 is 15.9 Å². The van der Waals surface area contributed by atoms with Gasteiger partial charge in [-0.3, -0.25) is 4.79 Å². The maximum atomic E-state index is 12.4. The van der Waals surface area contributed by atoms with Crippen LogP contribution in [0.1, 0.15) is 24.5 Å². The molecule has 3 rings (SSSR count). The van der Waals surface area contributed by atoms with Gasteiger partial charge in [0.1, 0.15) is 5.75 Å². The predicted octanol–water partition coefficient (Wildman–Crippen LogP) is 3.38. The van der Waals surface area contributed by atoms with E-state index in [1.807, 2.05) is 25.1 Å². The molecule has 136 valence electrons. The SMILES string of the molecule is CCCOc1ccc(Br)cc1/C=C1\C(=O)Nc2ccc(S(N)(=O)=O)cc21. The van der Waals surface area contributed by atoms with Crippen LogP contribution in [0.25, 0.3) is 11.6 Å². The van der Waals surface area contributed by atoms with Crippen LogP contribution in [0.2, 0.25) is 0 Å². The number of carbonyl (C=O) groups excluding carboxylic acids is 1. The number of fused-ring (bicyclic) bond motifs is 1. The fourth-order valence-corrected chi connectivity index (χ4v) is 3.54. The van der Waals surface area contributed by atoms with E-state index >= 15 is 0 Å². The molecule has 0 aliphatic carbocycles. The molecule has 2 aromatic carbocycles. The van der Waals surface area contributed by atoms with Crippen LogP contribution < -0.4 is 15.2 Å². The Morgan fingerprint density at radius 1 is 1.23 bits per heavy atom. The third-order valence-electron chi connectivity index (χ3n) is 3.84. The summed E-state index contributed by atoms with van der Waals surface area (Å²) in [5, 5.41) is 7.93. The summed E-state index contributed by atoms with van der Waals surface area (Å²) in [7, 11) is -3.86. The number of nitrogens with one attached hydrogen (secondary N) is 1. The van der Waals surface area contributed by atoms with Crippen molar-refractivity contribution in [3.8, 4) is 5.75 Å². The molecule has 1 heterocycles. The van der Waals surface area contributed by atoms with Gasteiger partial charge >= 0.3 is 0 Å². The minimum atomic E-state index is -3.86. The highest BCUT2D eigenvalue weighted by Gasteiger charge is 2.26. The Kier molecular flexibility index (Phi) is 5.17. The molecule has 0 radical (unpaired) electrons. The van der Waals surface area contributed by atoms with Gasteiger partial charge in [-0.15, -0.1) is 0 Å². The zero-order valence-corrected chi connectivity index (χ0v) is 16.4. The number of amides is 1. The van der Waals surface area contributed by atoms with E-state index < -0.39 is 10.0 Å². The van der Waals surface area contributed by atoms with Gasteiger partial charge in [0.05, 0.1) is 11.5 Å². The smallest absolute Gasteiger partial charge is 0.256 e. The van der Waals surface area contributed by atoms with Gasteiger partial charge in [0.15, 0.2) is 0 Å². The lowest BCUT2D eigenvalue weighted by molar-refractivity contribution is -0.110. The van der Waals surface area contributed by atoms with Gasteiger partial charge < -0.3 is 10.1 Å². The summed E-state index contributed by atoms with van der Waals surface area (Å²) in [6.45, 7) is 2.56. The summed E-state index contributed by atoms with van der Waals surface area (Å²) >= 11 is 3.42. The van der Waals surface area contributed by atoms with Crippen LogP contribution in [-0.2, 0) is 14.8 Å². The monoisotopic (exact) mass is 436 g/mol. The number of halogens is 1. The van der Waals surface area contributed by atoms with Crippen LogP contribution in [0.15, 0.2) is 45.8 Å². The Labute approximate surface area is 160 Å². The Morgan fingerprint density at radius 3 is 2.69 bits per heavy atom. The molecule has 2 aromatic rings. The lowest BCUT2D eigenvalue weighted by Gasteiger charge is -2.09. The first-order valence-corrected chi connectivity index (χ1v) is 10.3. The van der Waals surface area contributed by atoms with E-state index in [-0.39, 0.29) is 10.8 Å². The number of hydrogen-bond acceptors (Lipinski definition) is 4. The zero-order valence-electron chi connectivity index (χ0n) is 14.0. The summed E-state index contributed by atoms with van der Waals surface area (Å²) in [4.78, 5) is 12.3. The first kappa shape index (κ1) is 18.6. The van der Waals surface area contributed by atoms with Crippen molar-refractivity contribution in [2.24, 2.45) is 5.14 Å². The molecule has 3 N–H and O–H groups in total. The second-order valence-corrected chi connectivity index (χ2v) is 8.27. The summed E-state index contributed by atoms with van der Waals surface area (Å²) < 4.78 is 29.8. The molecule has 1 amide bonds. The number of sulfonamides is 1.